The maximum Gasteiger partial charge on any atom is 0.410 e. The maximum absolute atomic E-state index is 13.0. The number of nitrogens with one attached hydrogen (secondary N) is 2. The molecule has 0 radical (unpaired) electrons. The Bertz CT molecular complexity index is 911. The second kappa shape index (κ2) is 12.8. The minimum absolute atomic E-state index is 0.0727. The number of hydrogen-bond acceptors (Lipinski definition) is 6. The quantitative estimate of drug-likeness (QED) is 0.240. The van der Waals surface area contributed by atoms with E-state index in [1.807, 2.05) is 34.6 Å². The van der Waals surface area contributed by atoms with Crippen LogP contribution < -0.4 is 15.8 Å². The molecule has 0 spiro atoms. The molecule has 1 saturated heterocycles. The van der Waals surface area contributed by atoms with Crippen molar-refractivity contribution in [1.82, 2.24) is 14.9 Å². The van der Waals surface area contributed by atoms with Crippen LogP contribution in [0.25, 0.3) is 0 Å². The molecular weight excluding hydrogens is 496 g/mol. The van der Waals surface area contributed by atoms with E-state index in [9.17, 15) is 22.8 Å². The molecule has 1 saturated carbocycles. The van der Waals surface area contributed by atoms with Crippen LogP contribution in [0.1, 0.15) is 86.5 Å². The molecule has 11 heteroatoms. The minimum atomic E-state index is -3.31. The molecule has 2 unspecified atom stereocenters. The van der Waals surface area contributed by atoms with Gasteiger partial charge in [0.25, 0.3) is 0 Å². The number of nitrogens with two attached hydrogens (primary N) is 1. The lowest BCUT2D eigenvalue weighted by atomic mass is 9.90. The second-order valence-electron chi connectivity index (χ2n) is 11.9. The molecule has 1 aliphatic heterocycles. The van der Waals surface area contributed by atoms with Crippen molar-refractivity contribution in [1.29, 1.82) is 0 Å². The highest BCUT2D eigenvalue weighted by Crippen LogP contribution is 2.57. The predicted octanol–water partition coefficient (Wildman–Crippen LogP) is 2.77. The second-order valence-corrected chi connectivity index (χ2v) is 14.1. The molecule has 37 heavy (non-hydrogen) atoms. The highest BCUT2D eigenvalue weighted by atomic mass is 32.2. The third-order valence-electron chi connectivity index (χ3n) is 7.89. The Morgan fingerprint density at radius 1 is 1.14 bits per heavy atom. The first-order chi connectivity index (χ1) is 17.1. The number of rotatable bonds is 13. The SMILES string of the molecule is CC[C@H](C)S(=O)(=O)NCCCC(C)[C@@H]1CC1(C(N)=O)C(=O)NCCC1CCN(C(=O)OC(C)(C)C)CC1. The highest BCUT2D eigenvalue weighted by Gasteiger charge is 2.65. The molecule has 10 nitrogen and oxygen atoms in total. The Hall–Kier alpha value is -1.88. The van der Waals surface area contributed by atoms with Crippen molar-refractivity contribution in [3.8, 4) is 0 Å². The normalized spacial score (nSPS) is 24.3. The van der Waals surface area contributed by atoms with Gasteiger partial charge in [0.1, 0.15) is 11.0 Å². The van der Waals surface area contributed by atoms with E-state index < -0.39 is 32.2 Å². The van der Waals surface area contributed by atoms with Gasteiger partial charge in [0.05, 0.1) is 5.25 Å². The van der Waals surface area contributed by atoms with Gasteiger partial charge in [0.2, 0.25) is 21.8 Å². The van der Waals surface area contributed by atoms with Crippen molar-refractivity contribution in [2.75, 3.05) is 26.2 Å². The number of amides is 3. The molecule has 0 bridgehead atoms. The van der Waals surface area contributed by atoms with Crippen LogP contribution in [0.4, 0.5) is 4.79 Å². The van der Waals surface area contributed by atoms with Crippen molar-refractivity contribution in [3.05, 3.63) is 0 Å². The summed E-state index contributed by atoms with van der Waals surface area (Å²) < 4.78 is 32.3. The molecule has 214 valence electrons. The summed E-state index contributed by atoms with van der Waals surface area (Å²) >= 11 is 0. The molecular formula is C26H48N4O6S. The van der Waals surface area contributed by atoms with Crippen LogP contribution in [-0.2, 0) is 24.3 Å². The lowest BCUT2D eigenvalue weighted by Crippen LogP contribution is -2.44. The van der Waals surface area contributed by atoms with E-state index >= 15 is 0 Å². The summed E-state index contributed by atoms with van der Waals surface area (Å²) in [7, 11) is -3.31. The van der Waals surface area contributed by atoms with E-state index in [1.165, 1.54) is 0 Å². The summed E-state index contributed by atoms with van der Waals surface area (Å²) in [5.41, 5.74) is 4.00. The molecule has 2 rings (SSSR count). The van der Waals surface area contributed by atoms with Crippen molar-refractivity contribution < 1.29 is 27.5 Å². The number of carbonyl (C=O) groups excluding carboxylic acids is 3. The van der Waals surface area contributed by atoms with Gasteiger partial charge in [-0.1, -0.05) is 13.8 Å². The number of ether oxygens (including phenoxy) is 1. The Morgan fingerprint density at radius 2 is 1.76 bits per heavy atom. The van der Waals surface area contributed by atoms with Gasteiger partial charge in [0.15, 0.2) is 0 Å². The van der Waals surface area contributed by atoms with Crippen LogP contribution in [0.15, 0.2) is 0 Å². The van der Waals surface area contributed by atoms with Crippen LogP contribution in [0.3, 0.4) is 0 Å². The Balaban J connectivity index is 1.74. The lowest BCUT2D eigenvalue weighted by Gasteiger charge is -2.33. The zero-order valence-electron chi connectivity index (χ0n) is 23.5. The topological polar surface area (TPSA) is 148 Å². The number of hydrogen-bond donors (Lipinski definition) is 3. The van der Waals surface area contributed by atoms with Crippen molar-refractivity contribution >= 4 is 27.9 Å². The molecule has 4 atom stereocenters. The van der Waals surface area contributed by atoms with Crippen molar-refractivity contribution in [2.45, 2.75) is 97.3 Å². The van der Waals surface area contributed by atoms with E-state index in [0.717, 1.165) is 19.3 Å². The monoisotopic (exact) mass is 544 g/mol. The van der Waals surface area contributed by atoms with Gasteiger partial charge in [-0.05, 0) is 90.4 Å². The first kappa shape index (κ1) is 31.3. The number of sulfonamides is 1. The molecule has 0 aromatic carbocycles. The molecule has 2 fully saturated rings. The summed E-state index contributed by atoms with van der Waals surface area (Å²) in [6, 6.07) is 0. The van der Waals surface area contributed by atoms with Gasteiger partial charge in [-0.3, -0.25) is 9.59 Å². The average molecular weight is 545 g/mol. The molecule has 2 aliphatic rings. The minimum Gasteiger partial charge on any atom is -0.444 e. The third-order valence-corrected chi connectivity index (χ3v) is 9.89. The predicted molar refractivity (Wildman–Crippen MR) is 143 cm³/mol. The molecule has 1 aliphatic carbocycles. The molecule has 0 aromatic heterocycles. The highest BCUT2D eigenvalue weighted by molar-refractivity contribution is 7.90. The van der Waals surface area contributed by atoms with Crippen LogP contribution in [0, 0.1) is 23.2 Å². The van der Waals surface area contributed by atoms with Gasteiger partial charge in [0, 0.05) is 26.2 Å². The van der Waals surface area contributed by atoms with Crippen LogP contribution >= 0.6 is 0 Å². The third kappa shape index (κ3) is 8.56. The van der Waals surface area contributed by atoms with E-state index in [2.05, 4.69) is 10.0 Å². The van der Waals surface area contributed by atoms with Crippen molar-refractivity contribution in [2.24, 2.45) is 28.9 Å². The first-order valence-electron chi connectivity index (χ1n) is 13.7. The van der Waals surface area contributed by atoms with Gasteiger partial charge < -0.3 is 20.7 Å². The van der Waals surface area contributed by atoms with Gasteiger partial charge in [-0.2, -0.15) is 0 Å². The zero-order valence-corrected chi connectivity index (χ0v) is 24.3. The number of nitrogens with zero attached hydrogens (tertiary/aromatic N) is 1. The fraction of sp³-hybridized carbons (Fsp3) is 0.885. The summed E-state index contributed by atoms with van der Waals surface area (Å²) in [5.74, 6) is -0.570. The van der Waals surface area contributed by atoms with Gasteiger partial charge in [-0.25, -0.2) is 17.9 Å². The molecule has 1 heterocycles. The Kier molecular flexibility index (Phi) is 10.8. The summed E-state index contributed by atoms with van der Waals surface area (Å²) in [4.78, 5) is 39.2. The van der Waals surface area contributed by atoms with Crippen LogP contribution in [-0.4, -0.2) is 68.3 Å². The molecule has 0 aromatic rings. The largest absolute Gasteiger partial charge is 0.444 e. The van der Waals surface area contributed by atoms with Crippen molar-refractivity contribution in [3.63, 3.8) is 0 Å². The first-order valence-corrected chi connectivity index (χ1v) is 15.2. The van der Waals surface area contributed by atoms with E-state index in [4.69, 9.17) is 10.5 Å². The molecule has 3 amide bonds. The van der Waals surface area contributed by atoms with E-state index in [0.29, 0.717) is 57.8 Å². The fourth-order valence-electron chi connectivity index (χ4n) is 5.11. The smallest absolute Gasteiger partial charge is 0.410 e. The number of primary amides is 1. The van der Waals surface area contributed by atoms with Gasteiger partial charge in [-0.15, -0.1) is 0 Å². The fourth-order valence-corrected chi connectivity index (χ4v) is 6.26. The lowest BCUT2D eigenvalue weighted by molar-refractivity contribution is -0.136. The summed E-state index contributed by atoms with van der Waals surface area (Å²) in [6.45, 7) is 13.1. The average Bonchev–Trinajstić information content (AvgIpc) is 3.58. The van der Waals surface area contributed by atoms with Crippen LogP contribution in [0.2, 0.25) is 0 Å². The number of likely N-dealkylation sites (tertiary alicyclic amines) is 1. The Labute approximate surface area is 222 Å². The number of carbonyl (C=O) groups is 3. The van der Waals surface area contributed by atoms with Crippen LogP contribution in [0.5, 0.6) is 0 Å². The number of piperidine rings is 1. The zero-order chi connectivity index (χ0) is 28.0. The summed E-state index contributed by atoms with van der Waals surface area (Å²) in [5, 5.41) is 2.50. The standard InChI is InChI=1S/C26H48N4O6S/c1-7-19(3)37(34,35)29-13-8-9-18(2)21-17-26(21,22(27)31)23(32)28-14-10-20-11-15-30(16-12-20)24(33)36-25(4,5)6/h18-21,29H,7-17H2,1-6H3,(H2,27,31)(H,28,32)/t18?,19-,21-,26?/m0/s1. The Morgan fingerprint density at radius 3 is 2.30 bits per heavy atom. The van der Waals surface area contributed by atoms with E-state index in [-0.39, 0.29) is 23.8 Å². The summed E-state index contributed by atoms with van der Waals surface area (Å²) in [6.07, 6.45) is 4.49. The maximum atomic E-state index is 13.0. The molecule has 4 N–H and O–H groups in total. The van der Waals surface area contributed by atoms with Gasteiger partial charge >= 0.3 is 6.09 Å². The van der Waals surface area contributed by atoms with E-state index in [1.54, 1.807) is 11.8 Å².